The summed E-state index contributed by atoms with van der Waals surface area (Å²) in [5.41, 5.74) is 0. The molecule has 1 amide bonds. The maximum absolute atomic E-state index is 11.6. The van der Waals surface area contributed by atoms with Crippen molar-refractivity contribution >= 4 is 11.9 Å². The molecular formula is C21H37NO3. The maximum Gasteiger partial charge on any atom is 0.330 e. The van der Waals surface area contributed by atoms with Crippen molar-refractivity contribution in [1.29, 1.82) is 0 Å². The highest BCUT2D eigenvalue weighted by Gasteiger charge is 2.08. The Hall–Kier alpha value is -1.84. The van der Waals surface area contributed by atoms with Crippen molar-refractivity contribution in [2.24, 2.45) is 0 Å². The van der Waals surface area contributed by atoms with Gasteiger partial charge in [0.1, 0.15) is 6.61 Å². The number of hydrogen-bond acceptors (Lipinski definition) is 3. The van der Waals surface area contributed by atoms with Gasteiger partial charge in [0.15, 0.2) is 0 Å². The monoisotopic (exact) mass is 351 g/mol. The molecule has 0 aliphatic carbocycles. The van der Waals surface area contributed by atoms with Crippen LogP contribution in [0.4, 0.5) is 0 Å². The van der Waals surface area contributed by atoms with Crippen molar-refractivity contribution in [1.82, 2.24) is 4.90 Å². The molecule has 0 bridgehead atoms. The summed E-state index contributed by atoms with van der Waals surface area (Å²) in [6.07, 6.45) is 13.8. The number of amides is 1. The Morgan fingerprint density at radius 1 is 0.840 bits per heavy atom. The Morgan fingerprint density at radius 2 is 1.36 bits per heavy atom. The zero-order valence-electron chi connectivity index (χ0n) is 16.3. The number of esters is 1. The number of ether oxygens (including phenoxy) is 1. The Balaban J connectivity index is 0. The average molecular weight is 352 g/mol. The molecule has 0 radical (unpaired) electrons. The van der Waals surface area contributed by atoms with E-state index >= 15 is 0 Å². The zero-order valence-corrected chi connectivity index (χ0v) is 16.3. The third-order valence-electron chi connectivity index (χ3n) is 3.56. The Bertz CT molecular complexity index is 365. The molecule has 0 spiro atoms. The molecular weight excluding hydrogens is 314 g/mol. The number of carbonyl (C=O) groups is 2. The number of carbonyl (C=O) groups excluding carboxylic acids is 2. The topological polar surface area (TPSA) is 46.6 Å². The van der Waals surface area contributed by atoms with E-state index < -0.39 is 5.97 Å². The standard InChI is InChI=1S/C15H29NO.C6H8O2/c1-4-7-9-11-13-16(15(17)6-3)14-12-10-8-5-2;1-3-5-8-6(7)4-2/h6H,3-5,7-14H2,1-2H3;3-4H,1-2,5H2. The second-order valence-corrected chi connectivity index (χ2v) is 5.77. The quantitative estimate of drug-likeness (QED) is 0.190. The highest BCUT2D eigenvalue weighted by atomic mass is 16.5. The molecule has 0 rings (SSSR count). The molecule has 0 aliphatic heterocycles. The lowest BCUT2D eigenvalue weighted by Gasteiger charge is -2.21. The van der Waals surface area contributed by atoms with Crippen molar-refractivity contribution in [3.63, 3.8) is 0 Å². The van der Waals surface area contributed by atoms with Crippen LogP contribution < -0.4 is 0 Å². The molecule has 25 heavy (non-hydrogen) atoms. The molecule has 0 atom stereocenters. The molecule has 0 unspecified atom stereocenters. The third kappa shape index (κ3) is 18.3. The average Bonchev–Trinajstić information content (AvgIpc) is 2.64. The first-order valence-corrected chi connectivity index (χ1v) is 9.38. The lowest BCUT2D eigenvalue weighted by molar-refractivity contribution is -0.136. The van der Waals surface area contributed by atoms with E-state index in [-0.39, 0.29) is 12.5 Å². The van der Waals surface area contributed by atoms with Crippen LogP contribution in [0.15, 0.2) is 38.0 Å². The number of unbranched alkanes of at least 4 members (excludes halogenated alkanes) is 6. The minimum atomic E-state index is -0.412. The fourth-order valence-corrected chi connectivity index (χ4v) is 2.12. The van der Waals surface area contributed by atoms with E-state index in [4.69, 9.17) is 0 Å². The van der Waals surface area contributed by atoms with Gasteiger partial charge >= 0.3 is 5.97 Å². The normalized spacial score (nSPS) is 9.36. The van der Waals surface area contributed by atoms with Crippen LogP contribution in [0.25, 0.3) is 0 Å². The molecule has 0 N–H and O–H groups in total. The van der Waals surface area contributed by atoms with Crippen molar-refractivity contribution in [2.75, 3.05) is 19.7 Å². The van der Waals surface area contributed by atoms with Gasteiger partial charge in [-0.3, -0.25) is 4.79 Å². The van der Waals surface area contributed by atoms with Crippen LogP contribution in [-0.2, 0) is 14.3 Å². The van der Waals surface area contributed by atoms with Gasteiger partial charge in [0.2, 0.25) is 5.91 Å². The second-order valence-electron chi connectivity index (χ2n) is 5.77. The Morgan fingerprint density at radius 3 is 1.72 bits per heavy atom. The zero-order chi connectivity index (χ0) is 19.3. The Kier molecular flexibility index (Phi) is 20.5. The van der Waals surface area contributed by atoms with E-state index in [1.54, 1.807) is 0 Å². The highest BCUT2D eigenvalue weighted by molar-refractivity contribution is 5.86. The number of hydrogen-bond donors (Lipinski definition) is 0. The second kappa shape index (κ2) is 20.2. The molecule has 0 aromatic rings. The first kappa shape index (κ1) is 25.4. The van der Waals surface area contributed by atoms with Gasteiger partial charge in [-0.15, -0.1) is 0 Å². The lowest BCUT2D eigenvalue weighted by atomic mass is 10.1. The van der Waals surface area contributed by atoms with Crippen LogP contribution in [-0.4, -0.2) is 36.5 Å². The summed E-state index contributed by atoms with van der Waals surface area (Å²) < 4.78 is 4.47. The highest BCUT2D eigenvalue weighted by Crippen LogP contribution is 2.06. The van der Waals surface area contributed by atoms with Crippen LogP contribution >= 0.6 is 0 Å². The molecule has 0 aromatic carbocycles. The summed E-state index contributed by atoms with van der Waals surface area (Å²) >= 11 is 0. The summed E-state index contributed by atoms with van der Waals surface area (Å²) in [4.78, 5) is 23.8. The molecule has 0 aliphatic rings. The minimum Gasteiger partial charge on any atom is -0.458 e. The smallest absolute Gasteiger partial charge is 0.330 e. The predicted octanol–water partition coefficient (Wildman–Crippen LogP) is 5.06. The summed E-state index contributed by atoms with van der Waals surface area (Å²) in [7, 11) is 0. The van der Waals surface area contributed by atoms with Gasteiger partial charge < -0.3 is 9.64 Å². The predicted molar refractivity (Wildman–Crippen MR) is 106 cm³/mol. The fourth-order valence-electron chi connectivity index (χ4n) is 2.12. The summed E-state index contributed by atoms with van der Waals surface area (Å²) in [6.45, 7) is 16.6. The first-order chi connectivity index (χ1) is 12.1. The number of rotatable bonds is 14. The van der Waals surface area contributed by atoms with Gasteiger partial charge in [-0.2, -0.15) is 0 Å². The molecule has 0 saturated carbocycles. The molecule has 4 heteroatoms. The lowest BCUT2D eigenvalue weighted by Crippen LogP contribution is -2.31. The van der Waals surface area contributed by atoms with Gasteiger partial charge in [-0.05, 0) is 18.9 Å². The van der Waals surface area contributed by atoms with Crippen LogP contribution in [0, 0.1) is 0 Å². The number of nitrogens with zero attached hydrogens (tertiary/aromatic N) is 1. The molecule has 0 aromatic heterocycles. The molecule has 0 fully saturated rings. The van der Waals surface area contributed by atoms with Crippen LogP contribution in [0.2, 0.25) is 0 Å². The van der Waals surface area contributed by atoms with Crippen molar-refractivity contribution in [2.45, 2.75) is 65.2 Å². The van der Waals surface area contributed by atoms with Gasteiger partial charge in [0.05, 0.1) is 0 Å². The van der Waals surface area contributed by atoms with Gasteiger partial charge in [0, 0.05) is 19.2 Å². The van der Waals surface area contributed by atoms with Crippen molar-refractivity contribution in [3.05, 3.63) is 38.0 Å². The van der Waals surface area contributed by atoms with Crippen molar-refractivity contribution in [3.8, 4) is 0 Å². The summed E-state index contributed by atoms with van der Waals surface area (Å²) in [5, 5.41) is 0. The largest absolute Gasteiger partial charge is 0.458 e. The van der Waals surface area contributed by atoms with Gasteiger partial charge in [0.25, 0.3) is 0 Å². The molecule has 0 saturated heterocycles. The van der Waals surface area contributed by atoms with E-state index in [2.05, 4.69) is 38.3 Å². The fraction of sp³-hybridized carbons (Fsp3) is 0.619. The summed E-state index contributed by atoms with van der Waals surface area (Å²) in [6, 6.07) is 0. The van der Waals surface area contributed by atoms with Crippen molar-refractivity contribution < 1.29 is 14.3 Å². The molecule has 4 nitrogen and oxygen atoms in total. The van der Waals surface area contributed by atoms with Crippen LogP contribution in [0.5, 0.6) is 0 Å². The van der Waals surface area contributed by atoms with E-state index in [0.717, 1.165) is 32.0 Å². The minimum absolute atomic E-state index is 0.0954. The van der Waals surface area contributed by atoms with E-state index in [1.165, 1.54) is 50.7 Å². The van der Waals surface area contributed by atoms with Gasteiger partial charge in [-0.25, -0.2) is 4.79 Å². The molecule has 144 valence electrons. The molecule has 0 heterocycles. The first-order valence-electron chi connectivity index (χ1n) is 9.38. The van der Waals surface area contributed by atoms with Crippen LogP contribution in [0.1, 0.15) is 65.2 Å². The van der Waals surface area contributed by atoms with E-state index in [1.807, 2.05) is 4.90 Å². The SMILES string of the molecule is C=CC(=O)N(CCCCCC)CCCCCC.C=CCOC(=O)C=C. The summed E-state index contributed by atoms with van der Waals surface area (Å²) in [5.74, 6) is -0.317. The third-order valence-corrected chi connectivity index (χ3v) is 3.56. The van der Waals surface area contributed by atoms with E-state index in [0.29, 0.717) is 0 Å². The van der Waals surface area contributed by atoms with Gasteiger partial charge in [-0.1, -0.05) is 78.2 Å². The Labute approximate surface area is 154 Å². The van der Waals surface area contributed by atoms with E-state index in [9.17, 15) is 9.59 Å². The maximum atomic E-state index is 11.6. The van der Waals surface area contributed by atoms with Crippen LogP contribution in [0.3, 0.4) is 0 Å².